The summed E-state index contributed by atoms with van der Waals surface area (Å²) in [7, 11) is 1.84. The van der Waals surface area contributed by atoms with Gasteiger partial charge in [-0.05, 0) is 31.4 Å². The number of para-hydroxylation sites is 1. The van der Waals surface area contributed by atoms with E-state index in [-0.39, 0.29) is 17.9 Å². The molecule has 1 heterocycles. The van der Waals surface area contributed by atoms with Gasteiger partial charge in [-0.15, -0.1) is 0 Å². The van der Waals surface area contributed by atoms with Gasteiger partial charge in [-0.2, -0.15) is 0 Å². The smallest absolute Gasteiger partial charge is 0.225 e. The summed E-state index contributed by atoms with van der Waals surface area (Å²) in [5.74, 6) is 1.08. The van der Waals surface area contributed by atoms with Crippen LogP contribution in [0.1, 0.15) is 31.4 Å². The van der Waals surface area contributed by atoms with Gasteiger partial charge in [-0.25, -0.2) is 0 Å². The van der Waals surface area contributed by atoms with Crippen molar-refractivity contribution in [2.75, 3.05) is 7.05 Å². The molecule has 4 nitrogen and oxygen atoms in total. The van der Waals surface area contributed by atoms with Crippen LogP contribution in [0.5, 0.6) is 0 Å². The first-order chi connectivity index (χ1) is 10.1. The molecule has 2 atom stereocenters. The van der Waals surface area contributed by atoms with Gasteiger partial charge < -0.3 is 15.1 Å². The summed E-state index contributed by atoms with van der Waals surface area (Å²) in [4.78, 5) is 14.3. The largest absolute Gasteiger partial charge is 0.459 e. The van der Waals surface area contributed by atoms with Gasteiger partial charge >= 0.3 is 0 Å². The van der Waals surface area contributed by atoms with Crippen molar-refractivity contribution in [3.8, 4) is 0 Å². The van der Waals surface area contributed by atoms with Crippen molar-refractivity contribution in [3.63, 3.8) is 0 Å². The number of nitrogens with zero attached hydrogens (tertiary/aromatic N) is 1. The van der Waals surface area contributed by atoms with Crippen LogP contribution in [-0.4, -0.2) is 23.9 Å². The minimum absolute atomic E-state index is 0.0723. The zero-order valence-electron chi connectivity index (χ0n) is 12.4. The van der Waals surface area contributed by atoms with E-state index < -0.39 is 0 Å². The molecule has 3 rings (SSSR count). The molecule has 0 saturated heterocycles. The van der Waals surface area contributed by atoms with E-state index in [0.29, 0.717) is 6.54 Å². The molecule has 4 heteroatoms. The first kappa shape index (κ1) is 14.1. The number of hydrogen-bond donors (Lipinski definition) is 1. The lowest BCUT2D eigenvalue weighted by atomic mass is 9.85. The fraction of sp³-hybridized carbons (Fsp3) is 0.471. The van der Waals surface area contributed by atoms with Gasteiger partial charge in [0.25, 0.3) is 0 Å². The second-order valence-electron chi connectivity index (χ2n) is 6.07. The topological polar surface area (TPSA) is 59.5 Å². The SMILES string of the molecule is CN(Cc1cc2ccccc2o1)C(=O)C1CCCC(N)C1. The summed E-state index contributed by atoms with van der Waals surface area (Å²) in [5, 5.41) is 1.08. The predicted octanol–water partition coefficient (Wildman–Crippen LogP) is 2.91. The molecule has 2 N–H and O–H groups in total. The van der Waals surface area contributed by atoms with Gasteiger partial charge in [0.05, 0.1) is 6.54 Å². The van der Waals surface area contributed by atoms with Gasteiger partial charge in [0, 0.05) is 24.4 Å². The molecule has 1 aliphatic carbocycles. The molecule has 2 aromatic rings. The Bertz CT molecular complexity index is 602. The van der Waals surface area contributed by atoms with Crippen LogP contribution in [0, 0.1) is 5.92 Å². The van der Waals surface area contributed by atoms with Crippen LogP contribution in [0.4, 0.5) is 0 Å². The number of carbonyl (C=O) groups is 1. The van der Waals surface area contributed by atoms with Gasteiger partial charge in [-0.1, -0.05) is 24.6 Å². The zero-order chi connectivity index (χ0) is 14.8. The van der Waals surface area contributed by atoms with Crippen molar-refractivity contribution in [2.45, 2.75) is 38.3 Å². The molecular formula is C17H22N2O2. The van der Waals surface area contributed by atoms with Crippen molar-refractivity contribution < 1.29 is 9.21 Å². The van der Waals surface area contributed by atoms with Crippen molar-refractivity contribution in [1.82, 2.24) is 4.90 Å². The van der Waals surface area contributed by atoms with Crippen LogP contribution in [0.15, 0.2) is 34.7 Å². The molecule has 1 aliphatic rings. The molecule has 2 unspecified atom stereocenters. The minimum Gasteiger partial charge on any atom is -0.459 e. The number of fused-ring (bicyclic) bond motifs is 1. The quantitative estimate of drug-likeness (QED) is 0.943. The van der Waals surface area contributed by atoms with E-state index >= 15 is 0 Å². The first-order valence-electron chi connectivity index (χ1n) is 7.61. The summed E-state index contributed by atoms with van der Waals surface area (Å²) in [6.07, 6.45) is 3.85. The maximum Gasteiger partial charge on any atom is 0.225 e. The lowest BCUT2D eigenvalue weighted by Gasteiger charge is -2.29. The van der Waals surface area contributed by atoms with Crippen LogP contribution in [0.2, 0.25) is 0 Å². The zero-order valence-corrected chi connectivity index (χ0v) is 12.4. The highest BCUT2D eigenvalue weighted by Crippen LogP contribution is 2.26. The van der Waals surface area contributed by atoms with E-state index in [1.807, 2.05) is 37.4 Å². The number of carbonyl (C=O) groups excluding carboxylic acids is 1. The van der Waals surface area contributed by atoms with Gasteiger partial charge in [0.1, 0.15) is 11.3 Å². The molecule has 21 heavy (non-hydrogen) atoms. The Morgan fingerprint density at radius 2 is 2.19 bits per heavy atom. The number of amides is 1. The van der Waals surface area contributed by atoms with Crippen LogP contribution in [0.3, 0.4) is 0 Å². The molecule has 1 amide bonds. The maximum atomic E-state index is 12.5. The highest BCUT2D eigenvalue weighted by molar-refractivity contribution is 5.80. The molecular weight excluding hydrogens is 264 g/mol. The summed E-state index contributed by atoms with van der Waals surface area (Å²) in [5.41, 5.74) is 6.85. The molecule has 0 radical (unpaired) electrons. The van der Waals surface area contributed by atoms with Gasteiger partial charge in [0.2, 0.25) is 5.91 Å². The average Bonchev–Trinajstić information content (AvgIpc) is 2.88. The summed E-state index contributed by atoms with van der Waals surface area (Å²) >= 11 is 0. The Balaban J connectivity index is 1.67. The van der Waals surface area contributed by atoms with Gasteiger partial charge in [0.15, 0.2) is 0 Å². The monoisotopic (exact) mass is 286 g/mol. The fourth-order valence-electron chi connectivity index (χ4n) is 3.19. The third kappa shape index (κ3) is 3.10. The average molecular weight is 286 g/mol. The third-order valence-electron chi connectivity index (χ3n) is 4.31. The normalized spacial score (nSPS) is 22.4. The number of benzene rings is 1. The summed E-state index contributed by atoms with van der Waals surface area (Å²) in [6, 6.07) is 10.1. The maximum absolute atomic E-state index is 12.5. The number of hydrogen-bond acceptors (Lipinski definition) is 3. The second kappa shape index (κ2) is 5.90. The predicted molar refractivity (Wildman–Crippen MR) is 82.6 cm³/mol. The molecule has 112 valence electrons. The van der Waals surface area contributed by atoms with E-state index in [0.717, 1.165) is 42.4 Å². The van der Waals surface area contributed by atoms with Crippen LogP contribution < -0.4 is 5.73 Å². The van der Waals surface area contributed by atoms with Crippen molar-refractivity contribution in [2.24, 2.45) is 11.7 Å². The van der Waals surface area contributed by atoms with E-state index in [2.05, 4.69) is 0 Å². The molecule has 0 aliphatic heterocycles. The Morgan fingerprint density at radius 1 is 1.38 bits per heavy atom. The Kier molecular flexibility index (Phi) is 3.97. The number of nitrogens with two attached hydrogens (primary N) is 1. The highest BCUT2D eigenvalue weighted by Gasteiger charge is 2.27. The molecule has 1 aromatic carbocycles. The Morgan fingerprint density at radius 3 is 2.95 bits per heavy atom. The van der Waals surface area contributed by atoms with Crippen LogP contribution in [0.25, 0.3) is 11.0 Å². The molecule has 1 saturated carbocycles. The first-order valence-corrected chi connectivity index (χ1v) is 7.61. The van der Waals surface area contributed by atoms with Crippen LogP contribution in [-0.2, 0) is 11.3 Å². The Hall–Kier alpha value is -1.81. The lowest BCUT2D eigenvalue weighted by molar-refractivity contribution is -0.136. The number of furan rings is 1. The van der Waals surface area contributed by atoms with E-state index in [1.165, 1.54) is 0 Å². The third-order valence-corrected chi connectivity index (χ3v) is 4.31. The molecule has 1 aromatic heterocycles. The van der Waals surface area contributed by atoms with E-state index in [1.54, 1.807) is 4.90 Å². The van der Waals surface area contributed by atoms with Crippen LogP contribution >= 0.6 is 0 Å². The van der Waals surface area contributed by atoms with Gasteiger partial charge in [-0.3, -0.25) is 4.79 Å². The standard InChI is InChI=1S/C17H22N2O2/c1-19(17(20)13-6-4-7-14(18)9-13)11-15-10-12-5-2-3-8-16(12)21-15/h2-3,5,8,10,13-14H,4,6-7,9,11,18H2,1H3. The van der Waals surface area contributed by atoms with E-state index in [9.17, 15) is 4.79 Å². The summed E-state index contributed by atoms with van der Waals surface area (Å²) < 4.78 is 5.78. The van der Waals surface area contributed by atoms with E-state index in [4.69, 9.17) is 10.2 Å². The molecule has 0 spiro atoms. The lowest BCUT2D eigenvalue weighted by Crippen LogP contribution is -2.38. The van der Waals surface area contributed by atoms with Crippen molar-refractivity contribution in [3.05, 3.63) is 36.1 Å². The number of rotatable bonds is 3. The van der Waals surface area contributed by atoms with Crippen molar-refractivity contribution >= 4 is 16.9 Å². The fourth-order valence-corrected chi connectivity index (χ4v) is 3.19. The van der Waals surface area contributed by atoms with Crippen molar-refractivity contribution in [1.29, 1.82) is 0 Å². The molecule has 1 fully saturated rings. The second-order valence-corrected chi connectivity index (χ2v) is 6.07. The Labute approximate surface area is 124 Å². The minimum atomic E-state index is 0.0723. The molecule has 0 bridgehead atoms. The highest BCUT2D eigenvalue weighted by atomic mass is 16.3. The summed E-state index contributed by atoms with van der Waals surface area (Å²) in [6.45, 7) is 0.513.